The zero-order valence-electron chi connectivity index (χ0n) is 11.3. The molecule has 0 bridgehead atoms. The summed E-state index contributed by atoms with van der Waals surface area (Å²) < 4.78 is 0. The van der Waals surface area contributed by atoms with E-state index in [9.17, 15) is 0 Å². The van der Waals surface area contributed by atoms with E-state index in [0.717, 1.165) is 12.6 Å². The summed E-state index contributed by atoms with van der Waals surface area (Å²) in [6.45, 7) is 6.70. The maximum absolute atomic E-state index is 3.56. The van der Waals surface area contributed by atoms with Crippen molar-refractivity contribution in [2.75, 3.05) is 25.0 Å². The Hall–Kier alpha value is -1.02. The molecule has 1 aliphatic heterocycles. The van der Waals surface area contributed by atoms with Gasteiger partial charge in [-0.2, -0.15) is 0 Å². The van der Waals surface area contributed by atoms with Crippen LogP contribution < -0.4 is 10.2 Å². The smallest absolute Gasteiger partial charge is 0.0393 e. The second kappa shape index (κ2) is 5.54. The van der Waals surface area contributed by atoms with Crippen LogP contribution in [-0.4, -0.2) is 26.2 Å². The van der Waals surface area contributed by atoms with E-state index >= 15 is 0 Å². The maximum Gasteiger partial charge on any atom is 0.0393 e. The first-order valence-corrected chi connectivity index (χ1v) is 6.68. The monoisotopic (exact) mass is 232 g/mol. The number of benzene rings is 1. The molecule has 0 saturated carbocycles. The molecule has 0 amide bonds. The first-order chi connectivity index (χ1) is 8.16. The quantitative estimate of drug-likeness (QED) is 0.858. The van der Waals surface area contributed by atoms with E-state index < -0.39 is 0 Å². The predicted octanol–water partition coefficient (Wildman–Crippen LogP) is 2.88. The molecule has 1 fully saturated rings. The van der Waals surface area contributed by atoms with Gasteiger partial charge in [-0.1, -0.05) is 17.7 Å². The van der Waals surface area contributed by atoms with Gasteiger partial charge in [0.2, 0.25) is 0 Å². The van der Waals surface area contributed by atoms with Crippen molar-refractivity contribution >= 4 is 5.69 Å². The number of anilines is 1. The third-order valence-electron chi connectivity index (χ3n) is 3.74. The van der Waals surface area contributed by atoms with Crippen molar-refractivity contribution in [1.29, 1.82) is 0 Å². The summed E-state index contributed by atoms with van der Waals surface area (Å²) in [6.07, 6.45) is 3.95. The molecule has 1 aromatic carbocycles. The van der Waals surface area contributed by atoms with Crippen molar-refractivity contribution in [1.82, 2.24) is 5.32 Å². The third kappa shape index (κ3) is 3.22. The first-order valence-electron chi connectivity index (χ1n) is 6.68. The van der Waals surface area contributed by atoms with Gasteiger partial charge in [0.15, 0.2) is 0 Å². The van der Waals surface area contributed by atoms with Crippen molar-refractivity contribution in [3.63, 3.8) is 0 Å². The van der Waals surface area contributed by atoms with Gasteiger partial charge in [0.05, 0.1) is 0 Å². The minimum atomic E-state index is 0.739. The average Bonchev–Trinajstić information content (AvgIpc) is 2.78. The van der Waals surface area contributed by atoms with Gasteiger partial charge in [0.25, 0.3) is 0 Å². The summed E-state index contributed by atoms with van der Waals surface area (Å²) in [7, 11) is 2.20. The second-order valence-electron chi connectivity index (χ2n) is 5.29. The lowest BCUT2D eigenvalue weighted by atomic mass is 10.1. The number of aryl methyl sites for hydroxylation is 2. The number of hydrogen-bond donors (Lipinski definition) is 1. The SMILES string of the molecule is Cc1ccc(N(C)CCC2CCCN2)c(C)c1. The lowest BCUT2D eigenvalue weighted by molar-refractivity contribution is 0.559. The fourth-order valence-corrected chi connectivity index (χ4v) is 2.71. The van der Waals surface area contributed by atoms with Crippen LogP contribution in [0, 0.1) is 13.8 Å². The third-order valence-corrected chi connectivity index (χ3v) is 3.74. The second-order valence-corrected chi connectivity index (χ2v) is 5.29. The number of nitrogens with one attached hydrogen (secondary N) is 1. The van der Waals surface area contributed by atoms with Gasteiger partial charge in [-0.3, -0.25) is 0 Å². The summed E-state index contributed by atoms with van der Waals surface area (Å²) in [5, 5.41) is 3.56. The van der Waals surface area contributed by atoms with E-state index in [2.05, 4.69) is 49.3 Å². The normalized spacial score (nSPS) is 19.6. The van der Waals surface area contributed by atoms with E-state index in [1.165, 1.54) is 42.6 Å². The Bertz CT molecular complexity index is 367. The van der Waals surface area contributed by atoms with Gasteiger partial charge in [0.1, 0.15) is 0 Å². The molecule has 1 atom stereocenters. The molecule has 1 heterocycles. The molecular formula is C15H24N2. The van der Waals surface area contributed by atoms with E-state index in [-0.39, 0.29) is 0 Å². The Kier molecular flexibility index (Phi) is 4.06. The van der Waals surface area contributed by atoms with Crippen LogP contribution in [0.4, 0.5) is 5.69 Å². The first kappa shape index (κ1) is 12.4. The van der Waals surface area contributed by atoms with E-state index in [1.54, 1.807) is 0 Å². The molecule has 1 saturated heterocycles. The van der Waals surface area contributed by atoms with Crippen molar-refractivity contribution in [3.8, 4) is 0 Å². The van der Waals surface area contributed by atoms with E-state index in [0.29, 0.717) is 0 Å². The Morgan fingerprint density at radius 3 is 2.82 bits per heavy atom. The van der Waals surface area contributed by atoms with Crippen molar-refractivity contribution in [2.45, 2.75) is 39.2 Å². The lowest BCUT2D eigenvalue weighted by Crippen LogP contribution is -2.28. The standard InChI is InChI=1S/C15H24N2/c1-12-6-7-15(13(2)11-12)17(3)10-8-14-5-4-9-16-14/h6-7,11,14,16H,4-5,8-10H2,1-3H3. The average molecular weight is 232 g/mol. The van der Waals surface area contributed by atoms with Crippen LogP contribution in [0.5, 0.6) is 0 Å². The fourth-order valence-electron chi connectivity index (χ4n) is 2.71. The van der Waals surface area contributed by atoms with Crippen LogP contribution in [0.1, 0.15) is 30.4 Å². The molecule has 0 aliphatic carbocycles. The minimum Gasteiger partial charge on any atom is -0.374 e. The van der Waals surface area contributed by atoms with Gasteiger partial charge in [-0.05, 0) is 51.3 Å². The van der Waals surface area contributed by atoms with Crippen LogP contribution in [0.15, 0.2) is 18.2 Å². The lowest BCUT2D eigenvalue weighted by Gasteiger charge is -2.23. The fraction of sp³-hybridized carbons (Fsp3) is 0.600. The highest BCUT2D eigenvalue weighted by Crippen LogP contribution is 2.20. The van der Waals surface area contributed by atoms with Crippen LogP contribution >= 0.6 is 0 Å². The summed E-state index contributed by atoms with van der Waals surface area (Å²) in [4.78, 5) is 2.38. The van der Waals surface area contributed by atoms with Crippen LogP contribution in [0.25, 0.3) is 0 Å². The van der Waals surface area contributed by atoms with Gasteiger partial charge < -0.3 is 10.2 Å². The number of rotatable bonds is 4. The predicted molar refractivity (Wildman–Crippen MR) is 74.8 cm³/mol. The summed E-state index contributed by atoms with van der Waals surface area (Å²) in [5.74, 6) is 0. The highest BCUT2D eigenvalue weighted by Gasteiger charge is 2.14. The molecular weight excluding hydrogens is 208 g/mol. The minimum absolute atomic E-state index is 0.739. The Morgan fingerprint density at radius 2 is 2.18 bits per heavy atom. The number of nitrogens with zero attached hydrogens (tertiary/aromatic N) is 1. The summed E-state index contributed by atoms with van der Waals surface area (Å²) >= 11 is 0. The highest BCUT2D eigenvalue weighted by atomic mass is 15.1. The molecule has 2 nitrogen and oxygen atoms in total. The highest BCUT2D eigenvalue weighted by molar-refractivity contribution is 5.53. The molecule has 0 radical (unpaired) electrons. The molecule has 1 N–H and O–H groups in total. The van der Waals surface area contributed by atoms with Crippen LogP contribution in [0.3, 0.4) is 0 Å². The molecule has 0 spiro atoms. The topological polar surface area (TPSA) is 15.3 Å². The zero-order chi connectivity index (χ0) is 12.3. The van der Waals surface area contributed by atoms with Gasteiger partial charge in [0, 0.05) is 25.3 Å². The summed E-state index contributed by atoms with van der Waals surface area (Å²) in [5.41, 5.74) is 4.09. The maximum atomic E-state index is 3.56. The molecule has 1 aromatic rings. The molecule has 2 rings (SSSR count). The van der Waals surface area contributed by atoms with Gasteiger partial charge in [-0.15, -0.1) is 0 Å². The van der Waals surface area contributed by atoms with Crippen LogP contribution in [0.2, 0.25) is 0 Å². The van der Waals surface area contributed by atoms with Gasteiger partial charge >= 0.3 is 0 Å². The molecule has 2 heteroatoms. The Balaban J connectivity index is 1.91. The molecule has 1 aliphatic rings. The van der Waals surface area contributed by atoms with E-state index in [1.807, 2.05) is 0 Å². The Morgan fingerprint density at radius 1 is 1.35 bits per heavy atom. The van der Waals surface area contributed by atoms with Crippen molar-refractivity contribution < 1.29 is 0 Å². The zero-order valence-corrected chi connectivity index (χ0v) is 11.3. The van der Waals surface area contributed by atoms with Crippen molar-refractivity contribution in [2.24, 2.45) is 0 Å². The Labute approximate surface area is 105 Å². The number of hydrogen-bond acceptors (Lipinski definition) is 2. The van der Waals surface area contributed by atoms with Crippen molar-refractivity contribution in [3.05, 3.63) is 29.3 Å². The van der Waals surface area contributed by atoms with E-state index in [4.69, 9.17) is 0 Å². The largest absolute Gasteiger partial charge is 0.374 e. The molecule has 1 unspecified atom stereocenters. The van der Waals surface area contributed by atoms with Crippen LogP contribution in [-0.2, 0) is 0 Å². The molecule has 17 heavy (non-hydrogen) atoms. The molecule has 94 valence electrons. The van der Waals surface area contributed by atoms with Gasteiger partial charge in [-0.25, -0.2) is 0 Å². The summed E-state index contributed by atoms with van der Waals surface area (Å²) in [6, 6.07) is 7.45. The molecule has 0 aromatic heterocycles.